The molecular formula is C29H41N3O5S2. The van der Waals surface area contributed by atoms with Gasteiger partial charge in [-0.25, -0.2) is 0 Å². The fourth-order valence-electron chi connectivity index (χ4n) is 5.25. The van der Waals surface area contributed by atoms with E-state index in [9.17, 15) is 24.0 Å². The van der Waals surface area contributed by atoms with E-state index in [-0.39, 0.29) is 41.1 Å². The summed E-state index contributed by atoms with van der Waals surface area (Å²) >= 11 is 3.88. The number of carbonyl (C=O) groups is 5. The molecule has 1 aromatic carbocycles. The highest BCUT2D eigenvalue weighted by Crippen LogP contribution is 2.50. The summed E-state index contributed by atoms with van der Waals surface area (Å²) in [7, 11) is 5.19. The SMILES string of the molecule is CCCC(CC(=O)[C@@H]1CC2(CN1C)SCCCS2)C(=O)C(=O)CCC(=O)N[C@H](C(=O)N(C)C)c1ccccc1. The van der Waals surface area contributed by atoms with Crippen LogP contribution in [0.3, 0.4) is 0 Å². The quantitative estimate of drug-likeness (QED) is 0.357. The highest BCUT2D eigenvalue weighted by atomic mass is 32.2. The summed E-state index contributed by atoms with van der Waals surface area (Å²) < 4.78 is 0.0480. The van der Waals surface area contributed by atoms with Crippen LogP contribution in [0.1, 0.15) is 63.5 Å². The molecule has 2 aliphatic heterocycles. The molecule has 2 aliphatic rings. The molecule has 0 saturated carbocycles. The van der Waals surface area contributed by atoms with Crippen molar-refractivity contribution in [3.8, 4) is 0 Å². The monoisotopic (exact) mass is 575 g/mol. The molecular weight excluding hydrogens is 534 g/mol. The number of thioether (sulfide) groups is 2. The Hall–Kier alpha value is -2.17. The van der Waals surface area contributed by atoms with E-state index >= 15 is 0 Å². The molecule has 1 unspecified atom stereocenters. The third-order valence-corrected chi connectivity index (χ3v) is 10.7. The van der Waals surface area contributed by atoms with Crippen molar-refractivity contribution in [2.75, 3.05) is 39.2 Å². The van der Waals surface area contributed by atoms with Gasteiger partial charge in [-0.05, 0) is 43.4 Å². The Morgan fingerprint density at radius 2 is 1.74 bits per heavy atom. The maximum Gasteiger partial charge on any atom is 0.249 e. The minimum atomic E-state index is -0.878. The summed E-state index contributed by atoms with van der Waals surface area (Å²) in [4.78, 5) is 68.1. The lowest BCUT2D eigenvalue weighted by Gasteiger charge is -2.31. The van der Waals surface area contributed by atoms with E-state index in [2.05, 4.69) is 10.2 Å². The second kappa shape index (κ2) is 14.5. The zero-order chi connectivity index (χ0) is 28.6. The van der Waals surface area contributed by atoms with Crippen LogP contribution in [0.4, 0.5) is 0 Å². The van der Waals surface area contributed by atoms with E-state index in [1.807, 2.05) is 43.6 Å². The van der Waals surface area contributed by atoms with Gasteiger partial charge < -0.3 is 10.2 Å². The predicted octanol–water partition coefficient (Wildman–Crippen LogP) is 3.50. The Kier molecular flexibility index (Phi) is 11.6. The number of likely N-dealkylation sites (N-methyl/N-ethyl adjacent to an activating group) is 2. The summed E-state index contributed by atoms with van der Waals surface area (Å²) in [6.07, 6.45) is 2.69. The molecule has 1 spiro atoms. The van der Waals surface area contributed by atoms with Crippen molar-refractivity contribution in [3.63, 3.8) is 0 Å². The molecule has 1 N–H and O–H groups in total. The number of amides is 2. The maximum absolute atomic E-state index is 13.3. The van der Waals surface area contributed by atoms with Gasteiger partial charge in [0, 0.05) is 45.8 Å². The summed E-state index contributed by atoms with van der Waals surface area (Å²) in [5.41, 5.74) is 0.636. The number of rotatable bonds is 13. The average molecular weight is 576 g/mol. The maximum atomic E-state index is 13.3. The van der Waals surface area contributed by atoms with Gasteiger partial charge in [0.2, 0.25) is 17.6 Å². The van der Waals surface area contributed by atoms with Crippen LogP contribution in [0, 0.1) is 5.92 Å². The van der Waals surface area contributed by atoms with Gasteiger partial charge in [-0.2, -0.15) is 0 Å². The zero-order valence-corrected chi connectivity index (χ0v) is 25.1. The average Bonchev–Trinajstić information content (AvgIpc) is 3.24. The molecule has 2 saturated heterocycles. The molecule has 0 bridgehead atoms. The van der Waals surface area contributed by atoms with Crippen molar-refractivity contribution in [2.45, 2.75) is 68.0 Å². The van der Waals surface area contributed by atoms with Crippen LogP contribution in [-0.2, 0) is 24.0 Å². The van der Waals surface area contributed by atoms with Crippen molar-refractivity contribution in [2.24, 2.45) is 5.92 Å². The van der Waals surface area contributed by atoms with E-state index in [1.54, 1.807) is 38.4 Å². The third kappa shape index (κ3) is 8.41. The van der Waals surface area contributed by atoms with Crippen LogP contribution in [-0.4, -0.2) is 88.3 Å². The lowest BCUT2D eigenvalue weighted by Crippen LogP contribution is -2.40. The van der Waals surface area contributed by atoms with Crippen molar-refractivity contribution in [3.05, 3.63) is 35.9 Å². The number of ketones is 3. The third-order valence-electron chi connectivity index (χ3n) is 7.35. The van der Waals surface area contributed by atoms with E-state index in [1.165, 1.54) is 11.3 Å². The van der Waals surface area contributed by atoms with Crippen LogP contribution in [0.15, 0.2) is 30.3 Å². The Morgan fingerprint density at radius 3 is 2.36 bits per heavy atom. The topological polar surface area (TPSA) is 104 Å². The van der Waals surface area contributed by atoms with Gasteiger partial charge in [-0.3, -0.25) is 28.9 Å². The standard InChI is InChI=1S/C29H41N3O5S2/c1-5-10-21(17-24(34)22-18-29(19-32(22)4)38-15-9-16-39-29)27(36)23(33)13-14-25(35)30-26(28(37)31(2)3)20-11-7-6-8-12-20/h6-8,11-12,21-22,26H,5,9-10,13-19H2,1-4H3,(H,30,35)/t21?,22-,26-/m0/s1. The molecule has 3 atom stereocenters. The summed E-state index contributed by atoms with van der Waals surface area (Å²) in [6.45, 7) is 2.78. The molecule has 3 rings (SSSR count). The lowest BCUT2D eigenvalue weighted by molar-refractivity contribution is -0.141. The molecule has 1 aromatic rings. The molecule has 10 heteroatoms. The highest BCUT2D eigenvalue weighted by Gasteiger charge is 2.47. The molecule has 0 radical (unpaired) electrons. The van der Waals surface area contributed by atoms with Crippen LogP contribution in [0.2, 0.25) is 0 Å². The highest BCUT2D eigenvalue weighted by molar-refractivity contribution is 8.18. The summed E-state index contributed by atoms with van der Waals surface area (Å²) in [5, 5.41) is 2.71. The fourth-order valence-corrected chi connectivity index (χ4v) is 8.73. The van der Waals surface area contributed by atoms with E-state index in [4.69, 9.17) is 0 Å². The number of nitrogens with one attached hydrogen (secondary N) is 1. The molecule has 0 aromatic heterocycles. The van der Waals surface area contributed by atoms with Crippen molar-refractivity contribution < 1.29 is 24.0 Å². The van der Waals surface area contributed by atoms with Crippen molar-refractivity contribution in [1.29, 1.82) is 0 Å². The van der Waals surface area contributed by atoms with Gasteiger partial charge in [0.25, 0.3) is 0 Å². The van der Waals surface area contributed by atoms with Gasteiger partial charge in [0.05, 0.1) is 10.1 Å². The Labute approximate surface area is 240 Å². The van der Waals surface area contributed by atoms with Crippen molar-refractivity contribution >= 4 is 52.7 Å². The minimum Gasteiger partial charge on any atom is -0.347 e. The second-order valence-electron chi connectivity index (χ2n) is 10.7. The first-order valence-electron chi connectivity index (χ1n) is 13.7. The van der Waals surface area contributed by atoms with Crippen LogP contribution in [0.5, 0.6) is 0 Å². The van der Waals surface area contributed by atoms with Gasteiger partial charge >= 0.3 is 0 Å². The molecule has 2 amide bonds. The van der Waals surface area contributed by atoms with Gasteiger partial charge in [0.1, 0.15) is 6.04 Å². The van der Waals surface area contributed by atoms with Crippen LogP contribution >= 0.6 is 23.5 Å². The number of Topliss-reactive ketones (excluding diaryl/α,β-unsaturated/α-hetero) is 3. The lowest BCUT2D eigenvalue weighted by atomic mass is 9.87. The van der Waals surface area contributed by atoms with Crippen LogP contribution in [0.25, 0.3) is 0 Å². The number of likely N-dealkylation sites (tertiary alicyclic amines) is 1. The zero-order valence-electron chi connectivity index (χ0n) is 23.4. The molecule has 214 valence electrons. The first-order valence-corrected chi connectivity index (χ1v) is 15.7. The Bertz CT molecular complexity index is 1040. The van der Waals surface area contributed by atoms with Gasteiger partial charge in [-0.15, -0.1) is 23.5 Å². The second-order valence-corrected chi connectivity index (χ2v) is 13.9. The summed E-state index contributed by atoms with van der Waals surface area (Å²) in [5.74, 6) is -0.411. The fraction of sp³-hybridized carbons (Fsp3) is 0.621. The molecule has 0 aliphatic carbocycles. The number of hydrogen-bond donors (Lipinski definition) is 1. The predicted molar refractivity (Wildman–Crippen MR) is 157 cm³/mol. The Balaban J connectivity index is 1.56. The van der Waals surface area contributed by atoms with Crippen LogP contribution < -0.4 is 5.32 Å². The van der Waals surface area contributed by atoms with Crippen molar-refractivity contribution in [1.82, 2.24) is 15.1 Å². The first-order chi connectivity index (χ1) is 18.6. The first kappa shape index (κ1) is 31.4. The van der Waals surface area contributed by atoms with Gasteiger partial charge in [0.15, 0.2) is 11.6 Å². The normalized spacial score (nSPS) is 20.3. The van der Waals surface area contributed by atoms with E-state index in [0.717, 1.165) is 24.5 Å². The molecule has 2 fully saturated rings. The number of nitrogens with zero attached hydrogens (tertiary/aromatic N) is 2. The smallest absolute Gasteiger partial charge is 0.249 e. The number of carbonyl (C=O) groups excluding carboxylic acids is 5. The van der Waals surface area contributed by atoms with E-state index in [0.29, 0.717) is 18.4 Å². The minimum absolute atomic E-state index is 0.0198. The number of benzene rings is 1. The molecule has 8 nitrogen and oxygen atoms in total. The summed E-state index contributed by atoms with van der Waals surface area (Å²) in [6, 6.07) is 7.78. The molecule has 2 heterocycles. The largest absolute Gasteiger partial charge is 0.347 e. The number of hydrogen-bond acceptors (Lipinski definition) is 8. The Morgan fingerprint density at radius 1 is 1.08 bits per heavy atom. The van der Waals surface area contributed by atoms with E-state index < -0.39 is 29.4 Å². The molecule has 39 heavy (non-hydrogen) atoms. The van der Waals surface area contributed by atoms with Gasteiger partial charge in [-0.1, -0.05) is 43.7 Å².